The first-order valence-corrected chi connectivity index (χ1v) is 7.76. The number of carbonyl (C=O) groups is 1. The lowest BCUT2D eigenvalue weighted by molar-refractivity contribution is 0.0906. The Morgan fingerprint density at radius 1 is 1.37 bits per heavy atom. The summed E-state index contributed by atoms with van der Waals surface area (Å²) in [7, 11) is -0.735. The number of nitriles is 1. The normalized spacial score (nSPS) is 32.8. The molecule has 2 saturated heterocycles. The summed E-state index contributed by atoms with van der Waals surface area (Å²) in [6.45, 7) is 0. The quantitative estimate of drug-likeness (QED) is 0.771. The number of hydrogen-bond acceptors (Lipinski definition) is 4. The molecule has 0 saturated carbocycles. The molecular weight excluding hydrogens is 260 g/mol. The fourth-order valence-corrected chi connectivity index (χ4v) is 5.25. The van der Waals surface area contributed by atoms with Gasteiger partial charge in [-0.2, -0.15) is 5.26 Å². The minimum Gasteiger partial charge on any atom is -0.294 e. The summed E-state index contributed by atoms with van der Waals surface area (Å²) in [6.07, 6.45) is 4.93. The van der Waals surface area contributed by atoms with E-state index in [1.54, 1.807) is 12.1 Å². The Labute approximate surface area is 114 Å². The van der Waals surface area contributed by atoms with Gasteiger partial charge in [0.05, 0.1) is 0 Å². The monoisotopic (exact) mass is 274 g/mol. The van der Waals surface area contributed by atoms with Crippen molar-refractivity contribution in [2.45, 2.75) is 36.2 Å². The number of rotatable bonds is 2. The number of hydrogen-bond donors (Lipinski definition) is 0. The van der Waals surface area contributed by atoms with Crippen molar-refractivity contribution in [1.29, 1.82) is 5.26 Å². The van der Waals surface area contributed by atoms with Crippen LogP contribution in [0.15, 0.2) is 18.3 Å². The number of Topliss-reactive ketones (excluding diaryl/α,β-unsaturated/α-hetero) is 1. The van der Waals surface area contributed by atoms with Gasteiger partial charge in [-0.15, -0.1) is 0 Å². The van der Waals surface area contributed by atoms with Crippen LogP contribution in [0.3, 0.4) is 0 Å². The van der Waals surface area contributed by atoms with Crippen LogP contribution in [-0.2, 0) is 10.8 Å². The van der Waals surface area contributed by atoms with E-state index in [0.717, 1.165) is 25.7 Å². The summed E-state index contributed by atoms with van der Waals surface area (Å²) in [5.41, 5.74) is 0.830. The van der Waals surface area contributed by atoms with E-state index in [-0.39, 0.29) is 27.9 Å². The summed E-state index contributed by atoms with van der Waals surface area (Å²) < 4.78 is 11.9. The zero-order valence-electron chi connectivity index (χ0n) is 10.4. The van der Waals surface area contributed by atoms with E-state index >= 15 is 0 Å². The number of carbonyl (C=O) groups excluding carboxylic acids is 1. The highest BCUT2D eigenvalue weighted by atomic mass is 32.2. The van der Waals surface area contributed by atoms with Gasteiger partial charge < -0.3 is 0 Å². The number of ketones is 1. The molecular formula is C14H14N2O2S. The lowest BCUT2D eigenvalue weighted by atomic mass is 9.90. The second-order valence-corrected chi connectivity index (χ2v) is 7.21. The maximum atomic E-state index is 12.5. The zero-order valence-corrected chi connectivity index (χ0v) is 11.2. The molecule has 3 rings (SSSR count). The molecule has 0 aromatic carbocycles. The molecule has 4 nitrogen and oxygen atoms in total. The third-order valence-corrected chi connectivity index (χ3v) is 6.26. The molecule has 2 atom stereocenters. The third kappa shape index (κ3) is 2.21. The predicted molar refractivity (Wildman–Crippen MR) is 71.0 cm³/mol. The van der Waals surface area contributed by atoms with Gasteiger partial charge in [0.15, 0.2) is 5.78 Å². The molecule has 1 aromatic rings. The Hall–Kier alpha value is -1.54. The van der Waals surface area contributed by atoms with Crippen LogP contribution in [0.2, 0.25) is 0 Å². The molecule has 2 bridgehead atoms. The first kappa shape index (κ1) is 12.5. The minimum absolute atomic E-state index is 0.0378. The molecule has 2 aliphatic rings. The Morgan fingerprint density at radius 3 is 2.68 bits per heavy atom. The average Bonchev–Trinajstić information content (AvgIpc) is 2.68. The molecule has 98 valence electrons. The third-order valence-electron chi connectivity index (χ3n) is 4.09. The van der Waals surface area contributed by atoms with Crippen molar-refractivity contribution in [2.24, 2.45) is 5.92 Å². The standard InChI is InChI=1S/C14H14N2O2S/c15-8-11-5-9(3-4-16-11)14(17)10-6-12-1-2-13(7-10)19(12)18/h3-5,10,12-13H,1-2,6-7H2. The molecule has 5 heteroatoms. The summed E-state index contributed by atoms with van der Waals surface area (Å²) in [5, 5.41) is 9.22. The van der Waals surface area contributed by atoms with Crippen LogP contribution in [0.5, 0.6) is 0 Å². The van der Waals surface area contributed by atoms with Crippen LogP contribution >= 0.6 is 0 Å². The van der Waals surface area contributed by atoms with E-state index in [2.05, 4.69) is 4.98 Å². The predicted octanol–water partition coefficient (Wildman–Crippen LogP) is 1.83. The fraction of sp³-hybridized carbons (Fsp3) is 0.500. The first-order chi connectivity index (χ1) is 9.19. The lowest BCUT2D eigenvalue weighted by Crippen LogP contribution is -2.32. The molecule has 0 amide bonds. The zero-order chi connectivity index (χ0) is 13.4. The topological polar surface area (TPSA) is 70.8 Å². The van der Waals surface area contributed by atoms with Crippen molar-refractivity contribution in [1.82, 2.24) is 4.98 Å². The molecule has 19 heavy (non-hydrogen) atoms. The Morgan fingerprint density at radius 2 is 2.05 bits per heavy atom. The SMILES string of the molecule is N#Cc1cc(C(=O)C2CC3CCC(C2)S3=O)ccn1. The molecule has 0 spiro atoms. The first-order valence-electron chi connectivity index (χ1n) is 6.49. The Bertz CT molecular complexity index is 577. The van der Waals surface area contributed by atoms with Crippen LogP contribution in [-0.4, -0.2) is 25.5 Å². The van der Waals surface area contributed by atoms with Gasteiger partial charge in [-0.05, 0) is 37.8 Å². The molecule has 0 aliphatic carbocycles. The molecule has 2 unspecified atom stereocenters. The van der Waals surface area contributed by atoms with E-state index in [1.807, 2.05) is 6.07 Å². The smallest absolute Gasteiger partial charge is 0.166 e. The van der Waals surface area contributed by atoms with Gasteiger partial charge in [-0.25, -0.2) is 4.98 Å². The molecule has 0 radical (unpaired) electrons. The van der Waals surface area contributed by atoms with Crippen LogP contribution < -0.4 is 0 Å². The van der Waals surface area contributed by atoms with Crippen molar-refractivity contribution in [3.63, 3.8) is 0 Å². The van der Waals surface area contributed by atoms with Crippen LogP contribution in [0.1, 0.15) is 41.7 Å². The average molecular weight is 274 g/mol. The molecule has 3 heterocycles. The number of pyridine rings is 1. The Kier molecular flexibility index (Phi) is 3.19. The number of fused-ring (bicyclic) bond motifs is 2. The van der Waals surface area contributed by atoms with E-state index < -0.39 is 10.8 Å². The second-order valence-electron chi connectivity index (χ2n) is 5.22. The van der Waals surface area contributed by atoms with E-state index in [4.69, 9.17) is 5.26 Å². The van der Waals surface area contributed by atoms with Gasteiger partial charge in [-0.3, -0.25) is 9.00 Å². The maximum Gasteiger partial charge on any atom is 0.166 e. The van der Waals surface area contributed by atoms with Gasteiger partial charge in [0, 0.05) is 39.0 Å². The van der Waals surface area contributed by atoms with E-state index in [9.17, 15) is 9.00 Å². The highest BCUT2D eigenvalue weighted by Gasteiger charge is 2.42. The van der Waals surface area contributed by atoms with Crippen molar-refractivity contribution in [2.75, 3.05) is 0 Å². The summed E-state index contributed by atoms with van der Waals surface area (Å²) in [4.78, 5) is 16.3. The molecule has 2 aliphatic heterocycles. The maximum absolute atomic E-state index is 12.5. The van der Waals surface area contributed by atoms with Gasteiger partial charge >= 0.3 is 0 Å². The van der Waals surface area contributed by atoms with Crippen molar-refractivity contribution in [3.05, 3.63) is 29.6 Å². The van der Waals surface area contributed by atoms with Crippen LogP contribution in [0.4, 0.5) is 0 Å². The van der Waals surface area contributed by atoms with Gasteiger partial charge in [0.25, 0.3) is 0 Å². The van der Waals surface area contributed by atoms with Gasteiger partial charge in [0.1, 0.15) is 11.8 Å². The summed E-state index contributed by atoms with van der Waals surface area (Å²) in [5.74, 6) is 0.0386. The fourth-order valence-electron chi connectivity index (χ4n) is 3.13. The minimum atomic E-state index is -0.735. The number of nitrogens with zero attached hydrogens (tertiary/aromatic N) is 2. The molecule has 0 N–H and O–H groups in total. The van der Waals surface area contributed by atoms with E-state index in [0.29, 0.717) is 5.56 Å². The number of aromatic nitrogens is 1. The van der Waals surface area contributed by atoms with Gasteiger partial charge in [-0.1, -0.05) is 0 Å². The molecule has 2 fully saturated rings. The van der Waals surface area contributed by atoms with Crippen molar-refractivity contribution in [3.8, 4) is 6.07 Å². The highest BCUT2D eigenvalue weighted by Crippen LogP contribution is 2.39. The Balaban J connectivity index is 1.81. The van der Waals surface area contributed by atoms with Gasteiger partial charge in [0.2, 0.25) is 0 Å². The van der Waals surface area contributed by atoms with Crippen LogP contribution in [0.25, 0.3) is 0 Å². The largest absolute Gasteiger partial charge is 0.294 e. The summed E-state index contributed by atoms with van der Waals surface area (Å²) in [6, 6.07) is 5.16. The van der Waals surface area contributed by atoms with Crippen LogP contribution in [0, 0.1) is 17.2 Å². The van der Waals surface area contributed by atoms with E-state index in [1.165, 1.54) is 6.20 Å². The second kappa shape index (κ2) is 4.86. The molecule has 1 aromatic heterocycles. The summed E-state index contributed by atoms with van der Waals surface area (Å²) >= 11 is 0. The lowest BCUT2D eigenvalue weighted by Gasteiger charge is -2.26. The highest BCUT2D eigenvalue weighted by molar-refractivity contribution is 7.86. The van der Waals surface area contributed by atoms with Crippen molar-refractivity contribution >= 4 is 16.6 Å². The van der Waals surface area contributed by atoms with Crippen molar-refractivity contribution < 1.29 is 9.00 Å².